The van der Waals surface area contributed by atoms with Gasteiger partial charge in [-0.05, 0) is 0 Å². The van der Waals surface area contributed by atoms with Crippen molar-refractivity contribution in [2.75, 3.05) is 17.8 Å². The highest BCUT2D eigenvalue weighted by atomic mass is 35.5. The SMILES string of the molecule is ClCC1CO1.ClCCl. The second-order valence-corrected chi connectivity index (χ2v) is 2.33. The molecule has 0 saturated carbocycles. The Morgan fingerprint density at radius 1 is 1.38 bits per heavy atom. The third-order valence-electron chi connectivity index (χ3n) is 0.574. The molecule has 0 spiro atoms. The zero-order valence-corrected chi connectivity index (χ0v) is 6.51. The number of halogens is 3. The Kier molecular flexibility index (Phi) is 6.58. The molecular formula is C4H7Cl3O. The molecule has 8 heavy (non-hydrogen) atoms. The summed E-state index contributed by atoms with van der Waals surface area (Å²) < 4.78 is 4.73. The number of hydrogen-bond donors (Lipinski definition) is 0. The lowest BCUT2D eigenvalue weighted by atomic mass is 10.6. The molecule has 1 aliphatic heterocycles. The van der Waals surface area contributed by atoms with E-state index in [1.165, 1.54) is 0 Å². The van der Waals surface area contributed by atoms with Crippen LogP contribution in [-0.2, 0) is 4.74 Å². The Balaban J connectivity index is 0.000000145. The van der Waals surface area contributed by atoms with Crippen LogP contribution in [0.5, 0.6) is 0 Å². The molecular weight excluding hydrogens is 170 g/mol. The summed E-state index contributed by atoms with van der Waals surface area (Å²) in [4.78, 5) is 0. The molecule has 1 fully saturated rings. The molecule has 1 saturated heterocycles. The van der Waals surface area contributed by atoms with Crippen molar-refractivity contribution in [3.8, 4) is 0 Å². The molecule has 0 aromatic heterocycles. The quantitative estimate of drug-likeness (QED) is 0.441. The average molecular weight is 177 g/mol. The van der Waals surface area contributed by atoms with Crippen LogP contribution in [0.15, 0.2) is 0 Å². The number of alkyl halides is 3. The molecule has 0 aromatic carbocycles. The van der Waals surface area contributed by atoms with Gasteiger partial charge in [0.15, 0.2) is 0 Å². The van der Waals surface area contributed by atoms with E-state index >= 15 is 0 Å². The Hall–Kier alpha value is 0.830. The lowest BCUT2D eigenvalue weighted by Crippen LogP contribution is -1.80. The number of rotatable bonds is 1. The third-order valence-corrected chi connectivity index (χ3v) is 0.919. The lowest BCUT2D eigenvalue weighted by molar-refractivity contribution is 0.425. The van der Waals surface area contributed by atoms with E-state index in [0.29, 0.717) is 12.0 Å². The molecule has 0 aliphatic carbocycles. The van der Waals surface area contributed by atoms with Crippen LogP contribution < -0.4 is 0 Å². The van der Waals surface area contributed by atoms with Gasteiger partial charge in [-0.3, -0.25) is 0 Å². The summed E-state index contributed by atoms with van der Waals surface area (Å²) in [5.74, 6) is 0.667. The van der Waals surface area contributed by atoms with Crippen LogP contribution >= 0.6 is 34.8 Å². The summed E-state index contributed by atoms with van der Waals surface area (Å²) in [7, 11) is 0. The smallest absolute Gasteiger partial charge is 0.0967 e. The maximum absolute atomic E-state index is 5.27. The number of ether oxygens (including phenoxy) is 1. The van der Waals surface area contributed by atoms with Crippen LogP contribution in [0, 0.1) is 0 Å². The summed E-state index contributed by atoms with van der Waals surface area (Å²) in [5, 5.41) is 0.194. The zero-order valence-electron chi connectivity index (χ0n) is 4.24. The van der Waals surface area contributed by atoms with Gasteiger partial charge in [0.05, 0.1) is 23.9 Å². The molecule has 1 atom stereocenters. The van der Waals surface area contributed by atoms with Gasteiger partial charge in [0.25, 0.3) is 0 Å². The van der Waals surface area contributed by atoms with Crippen molar-refractivity contribution in [2.24, 2.45) is 0 Å². The van der Waals surface area contributed by atoms with Gasteiger partial charge in [-0.15, -0.1) is 34.8 Å². The van der Waals surface area contributed by atoms with Crippen molar-refractivity contribution < 1.29 is 4.74 Å². The minimum atomic E-state index is 0.194. The highest BCUT2D eigenvalue weighted by Gasteiger charge is 2.19. The summed E-state index contributed by atoms with van der Waals surface area (Å²) in [6.07, 6.45) is 0.400. The topological polar surface area (TPSA) is 12.5 Å². The fourth-order valence-corrected chi connectivity index (χ4v) is 0.335. The second-order valence-electron chi connectivity index (χ2n) is 1.21. The van der Waals surface area contributed by atoms with E-state index in [1.807, 2.05) is 0 Å². The van der Waals surface area contributed by atoms with Gasteiger partial charge < -0.3 is 4.74 Å². The van der Waals surface area contributed by atoms with Crippen LogP contribution in [0.4, 0.5) is 0 Å². The predicted molar refractivity (Wildman–Crippen MR) is 37.0 cm³/mol. The summed E-state index contributed by atoms with van der Waals surface area (Å²) in [6, 6.07) is 0. The molecule has 1 aliphatic rings. The molecule has 0 radical (unpaired) electrons. The molecule has 1 rings (SSSR count). The Labute approximate surface area is 63.9 Å². The fraction of sp³-hybridized carbons (Fsp3) is 1.00. The second kappa shape index (κ2) is 5.96. The zero-order chi connectivity index (χ0) is 6.41. The van der Waals surface area contributed by atoms with E-state index < -0.39 is 0 Å². The van der Waals surface area contributed by atoms with Crippen LogP contribution in [-0.4, -0.2) is 23.9 Å². The maximum atomic E-state index is 5.27. The summed E-state index contributed by atoms with van der Waals surface area (Å²) >= 11 is 14.8. The predicted octanol–water partition coefficient (Wildman–Crippen LogP) is 2.05. The van der Waals surface area contributed by atoms with E-state index in [9.17, 15) is 0 Å². The van der Waals surface area contributed by atoms with Crippen LogP contribution in [0.1, 0.15) is 0 Å². The third kappa shape index (κ3) is 6.83. The maximum Gasteiger partial charge on any atom is 0.0967 e. The molecule has 0 bridgehead atoms. The molecule has 0 aromatic rings. The van der Waals surface area contributed by atoms with E-state index in [0.717, 1.165) is 6.61 Å². The van der Waals surface area contributed by atoms with Crippen molar-refractivity contribution in [3.05, 3.63) is 0 Å². The van der Waals surface area contributed by atoms with Gasteiger partial charge in [-0.1, -0.05) is 0 Å². The van der Waals surface area contributed by atoms with Crippen molar-refractivity contribution in [3.63, 3.8) is 0 Å². The minimum absolute atomic E-state index is 0.194. The van der Waals surface area contributed by atoms with Gasteiger partial charge in [0, 0.05) is 0 Å². The van der Waals surface area contributed by atoms with Crippen LogP contribution in [0.25, 0.3) is 0 Å². The first kappa shape index (κ1) is 8.83. The first-order valence-electron chi connectivity index (χ1n) is 2.14. The van der Waals surface area contributed by atoms with Crippen LogP contribution in [0.3, 0.4) is 0 Å². The summed E-state index contributed by atoms with van der Waals surface area (Å²) in [5.41, 5.74) is 0. The van der Waals surface area contributed by atoms with Gasteiger partial charge in [0.2, 0.25) is 0 Å². The van der Waals surface area contributed by atoms with E-state index in [-0.39, 0.29) is 5.34 Å². The fourth-order valence-electron chi connectivity index (χ4n) is 0.157. The summed E-state index contributed by atoms with van der Waals surface area (Å²) in [6.45, 7) is 0.878. The van der Waals surface area contributed by atoms with Crippen molar-refractivity contribution in [1.82, 2.24) is 0 Å². The molecule has 0 amide bonds. The van der Waals surface area contributed by atoms with Crippen molar-refractivity contribution in [2.45, 2.75) is 6.10 Å². The van der Waals surface area contributed by atoms with Crippen LogP contribution in [0.2, 0.25) is 0 Å². The van der Waals surface area contributed by atoms with E-state index in [4.69, 9.17) is 39.5 Å². The van der Waals surface area contributed by atoms with Gasteiger partial charge in [-0.25, -0.2) is 0 Å². The molecule has 4 heteroatoms. The van der Waals surface area contributed by atoms with Gasteiger partial charge >= 0.3 is 0 Å². The monoisotopic (exact) mass is 176 g/mol. The normalized spacial score (nSPS) is 23.6. The van der Waals surface area contributed by atoms with Crippen molar-refractivity contribution in [1.29, 1.82) is 0 Å². The number of epoxide rings is 1. The molecule has 1 unspecified atom stereocenters. The van der Waals surface area contributed by atoms with Crippen molar-refractivity contribution >= 4 is 34.8 Å². The first-order chi connectivity index (χ1) is 3.85. The van der Waals surface area contributed by atoms with Gasteiger partial charge in [-0.2, -0.15) is 0 Å². The molecule has 50 valence electrons. The first-order valence-corrected chi connectivity index (χ1v) is 3.75. The Morgan fingerprint density at radius 2 is 1.75 bits per heavy atom. The highest BCUT2D eigenvalue weighted by Crippen LogP contribution is 2.08. The standard InChI is InChI=1S/C3H5ClO.CH2Cl2/c4-1-3-2-5-3;2-1-3/h3H,1-2H2;1H2. The highest BCUT2D eigenvalue weighted by molar-refractivity contribution is 6.40. The average Bonchev–Trinajstić information content (AvgIpc) is 2.48. The Bertz CT molecular complexity index is 46.5. The van der Waals surface area contributed by atoms with Gasteiger partial charge in [0.1, 0.15) is 0 Å². The molecule has 1 heterocycles. The Morgan fingerprint density at radius 3 is 1.75 bits per heavy atom. The largest absolute Gasteiger partial charge is 0.372 e. The van der Waals surface area contributed by atoms with E-state index in [1.54, 1.807) is 0 Å². The number of hydrogen-bond acceptors (Lipinski definition) is 1. The lowest BCUT2D eigenvalue weighted by Gasteiger charge is -1.67. The van der Waals surface area contributed by atoms with E-state index in [2.05, 4.69) is 0 Å². The molecule has 1 nitrogen and oxygen atoms in total. The minimum Gasteiger partial charge on any atom is -0.372 e. The molecule has 0 N–H and O–H groups in total.